The van der Waals surface area contributed by atoms with E-state index in [1.165, 1.54) is 22.9 Å². The lowest BCUT2D eigenvalue weighted by Crippen LogP contribution is -2.50. The molecule has 1 aromatic carbocycles. The molecule has 2 aromatic rings. The van der Waals surface area contributed by atoms with E-state index in [4.69, 9.17) is 4.74 Å². The summed E-state index contributed by atoms with van der Waals surface area (Å²) in [4.78, 5) is 31.7. The van der Waals surface area contributed by atoms with Crippen LogP contribution >= 0.6 is 0 Å². The van der Waals surface area contributed by atoms with Crippen LogP contribution < -0.4 is 10.4 Å². The molecule has 27 heavy (non-hydrogen) atoms. The highest BCUT2D eigenvalue weighted by atomic mass is 19.1. The molecule has 0 N–H and O–H groups in total. The summed E-state index contributed by atoms with van der Waals surface area (Å²) in [5, 5.41) is 0. The van der Waals surface area contributed by atoms with Crippen LogP contribution in [0.3, 0.4) is 0 Å². The first-order valence-electron chi connectivity index (χ1n) is 9.02. The van der Waals surface area contributed by atoms with Crippen molar-refractivity contribution >= 4 is 5.91 Å². The Kier molecular flexibility index (Phi) is 6.54. The molecule has 0 spiro atoms. The van der Waals surface area contributed by atoms with Crippen LogP contribution in [0.2, 0.25) is 0 Å². The van der Waals surface area contributed by atoms with Gasteiger partial charge in [-0.1, -0.05) is 0 Å². The third-order valence-electron chi connectivity index (χ3n) is 4.51. The molecule has 1 fully saturated rings. The molecule has 2 heterocycles. The van der Waals surface area contributed by atoms with Crippen molar-refractivity contribution < 1.29 is 13.9 Å². The van der Waals surface area contributed by atoms with Gasteiger partial charge in [-0.05, 0) is 36.8 Å². The predicted molar refractivity (Wildman–Crippen MR) is 98.0 cm³/mol. The number of ether oxygens (including phenoxy) is 1. The maximum atomic E-state index is 12.8. The van der Waals surface area contributed by atoms with Crippen molar-refractivity contribution in [1.82, 2.24) is 19.4 Å². The molecule has 1 aliphatic heterocycles. The molecule has 1 aromatic heterocycles. The summed E-state index contributed by atoms with van der Waals surface area (Å²) in [6.07, 6.45) is 3.85. The van der Waals surface area contributed by atoms with E-state index in [2.05, 4.69) is 9.88 Å². The van der Waals surface area contributed by atoms with E-state index in [1.807, 2.05) is 0 Å². The van der Waals surface area contributed by atoms with Crippen LogP contribution in [-0.2, 0) is 11.3 Å². The Morgan fingerprint density at radius 1 is 1.15 bits per heavy atom. The highest BCUT2D eigenvalue weighted by molar-refractivity contribution is 5.76. The van der Waals surface area contributed by atoms with E-state index in [1.54, 1.807) is 29.3 Å². The van der Waals surface area contributed by atoms with Crippen LogP contribution in [-0.4, -0.2) is 64.6 Å². The smallest absolute Gasteiger partial charge is 0.347 e. The average molecular weight is 374 g/mol. The molecule has 7 nitrogen and oxygen atoms in total. The summed E-state index contributed by atoms with van der Waals surface area (Å²) < 4.78 is 19.8. The van der Waals surface area contributed by atoms with Crippen LogP contribution in [0.1, 0.15) is 6.42 Å². The van der Waals surface area contributed by atoms with Gasteiger partial charge in [0.2, 0.25) is 5.91 Å². The van der Waals surface area contributed by atoms with Gasteiger partial charge in [-0.2, -0.15) is 0 Å². The van der Waals surface area contributed by atoms with Gasteiger partial charge in [-0.15, -0.1) is 0 Å². The molecule has 0 bridgehead atoms. The minimum Gasteiger partial charge on any atom is -0.494 e. The fourth-order valence-electron chi connectivity index (χ4n) is 2.98. The molecular formula is C19H23FN4O3. The molecule has 1 amide bonds. The average Bonchev–Trinajstić information content (AvgIpc) is 2.69. The Bertz CT molecular complexity index is 801. The number of amides is 1. The number of nitrogens with zero attached hydrogens (tertiary/aromatic N) is 4. The molecular weight excluding hydrogens is 351 g/mol. The van der Waals surface area contributed by atoms with E-state index in [0.29, 0.717) is 25.4 Å². The summed E-state index contributed by atoms with van der Waals surface area (Å²) in [5.41, 5.74) is -0.411. The zero-order valence-corrected chi connectivity index (χ0v) is 15.1. The summed E-state index contributed by atoms with van der Waals surface area (Å²) in [6, 6.07) is 7.64. The van der Waals surface area contributed by atoms with Crippen molar-refractivity contribution in [3.8, 4) is 5.75 Å². The Hall–Kier alpha value is -2.74. The molecule has 0 atom stereocenters. The number of benzene rings is 1. The molecule has 0 aliphatic carbocycles. The molecule has 0 unspecified atom stereocenters. The Labute approximate surface area is 157 Å². The topological polar surface area (TPSA) is 67.7 Å². The fourth-order valence-corrected chi connectivity index (χ4v) is 2.98. The Morgan fingerprint density at radius 3 is 2.59 bits per heavy atom. The maximum absolute atomic E-state index is 12.8. The third kappa shape index (κ3) is 5.62. The van der Waals surface area contributed by atoms with Crippen molar-refractivity contribution in [1.29, 1.82) is 0 Å². The van der Waals surface area contributed by atoms with Gasteiger partial charge in [0.25, 0.3) is 0 Å². The SMILES string of the molecule is O=C(Cn1cccnc1=O)N1CCN(CCCOc2ccc(F)cc2)CC1. The van der Waals surface area contributed by atoms with Crippen molar-refractivity contribution in [3.63, 3.8) is 0 Å². The van der Waals surface area contributed by atoms with Crippen LogP contribution in [0.15, 0.2) is 47.5 Å². The van der Waals surface area contributed by atoms with Crippen LogP contribution in [0.25, 0.3) is 0 Å². The van der Waals surface area contributed by atoms with Crippen LogP contribution in [0, 0.1) is 5.82 Å². The second kappa shape index (κ2) is 9.27. The van der Waals surface area contributed by atoms with Gasteiger partial charge < -0.3 is 9.64 Å². The van der Waals surface area contributed by atoms with Gasteiger partial charge in [0.1, 0.15) is 18.1 Å². The van der Waals surface area contributed by atoms with E-state index in [0.717, 1.165) is 26.1 Å². The molecule has 0 saturated carbocycles. The number of carbonyl (C=O) groups is 1. The van der Waals surface area contributed by atoms with Gasteiger partial charge >= 0.3 is 5.69 Å². The van der Waals surface area contributed by atoms with Gasteiger partial charge in [0, 0.05) is 45.1 Å². The third-order valence-corrected chi connectivity index (χ3v) is 4.51. The second-order valence-electron chi connectivity index (χ2n) is 6.41. The van der Waals surface area contributed by atoms with Crippen molar-refractivity contribution in [2.45, 2.75) is 13.0 Å². The monoisotopic (exact) mass is 374 g/mol. The lowest BCUT2D eigenvalue weighted by Gasteiger charge is -2.34. The quantitative estimate of drug-likeness (QED) is 0.677. The van der Waals surface area contributed by atoms with E-state index in [9.17, 15) is 14.0 Å². The van der Waals surface area contributed by atoms with Gasteiger partial charge in [0.05, 0.1) is 6.61 Å². The van der Waals surface area contributed by atoms with Gasteiger partial charge in [-0.3, -0.25) is 14.3 Å². The lowest BCUT2D eigenvalue weighted by atomic mass is 10.3. The first-order chi connectivity index (χ1) is 13.1. The van der Waals surface area contributed by atoms with Crippen molar-refractivity contribution in [3.05, 3.63) is 59.0 Å². The zero-order valence-electron chi connectivity index (χ0n) is 15.1. The summed E-state index contributed by atoms with van der Waals surface area (Å²) >= 11 is 0. The van der Waals surface area contributed by atoms with E-state index < -0.39 is 5.69 Å². The normalized spacial score (nSPS) is 14.9. The lowest BCUT2D eigenvalue weighted by molar-refractivity contribution is -0.133. The highest BCUT2D eigenvalue weighted by Crippen LogP contribution is 2.11. The minimum absolute atomic E-state index is 0.0260. The number of hydrogen-bond donors (Lipinski definition) is 0. The molecule has 8 heteroatoms. The first-order valence-corrected chi connectivity index (χ1v) is 9.02. The number of halogens is 1. The minimum atomic E-state index is -0.411. The molecule has 1 aliphatic rings. The molecule has 3 rings (SSSR count). The van der Waals surface area contributed by atoms with E-state index >= 15 is 0 Å². The number of carbonyl (C=O) groups excluding carboxylic acids is 1. The summed E-state index contributed by atoms with van der Waals surface area (Å²) in [7, 11) is 0. The summed E-state index contributed by atoms with van der Waals surface area (Å²) in [5.74, 6) is 0.324. The van der Waals surface area contributed by atoms with Crippen molar-refractivity contribution in [2.75, 3.05) is 39.3 Å². The zero-order chi connectivity index (χ0) is 19.1. The largest absolute Gasteiger partial charge is 0.494 e. The number of hydrogen-bond acceptors (Lipinski definition) is 5. The fraction of sp³-hybridized carbons (Fsp3) is 0.421. The molecule has 1 saturated heterocycles. The Morgan fingerprint density at radius 2 is 1.89 bits per heavy atom. The van der Waals surface area contributed by atoms with Crippen LogP contribution in [0.5, 0.6) is 5.75 Å². The molecule has 0 radical (unpaired) electrons. The standard InChI is InChI=1S/C19H23FN4O3/c20-16-3-5-17(6-4-16)27-14-2-8-22-10-12-23(13-11-22)18(25)15-24-9-1-7-21-19(24)26/h1,3-7,9H,2,8,10-15H2. The highest BCUT2D eigenvalue weighted by Gasteiger charge is 2.21. The summed E-state index contributed by atoms with van der Waals surface area (Å²) in [6.45, 7) is 4.35. The second-order valence-corrected chi connectivity index (χ2v) is 6.41. The predicted octanol–water partition coefficient (Wildman–Crippen LogP) is 0.996. The van der Waals surface area contributed by atoms with Gasteiger partial charge in [0.15, 0.2) is 0 Å². The van der Waals surface area contributed by atoms with Crippen molar-refractivity contribution in [2.24, 2.45) is 0 Å². The first kappa shape index (κ1) is 19.0. The molecule has 144 valence electrons. The van der Waals surface area contributed by atoms with E-state index in [-0.39, 0.29) is 18.3 Å². The van der Waals surface area contributed by atoms with Gasteiger partial charge in [-0.25, -0.2) is 14.2 Å². The maximum Gasteiger partial charge on any atom is 0.347 e. The number of rotatable bonds is 7. The number of piperazine rings is 1. The Balaban J connectivity index is 1.35. The number of aromatic nitrogens is 2. The van der Waals surface area contributed by atoms with Crippen LogP contribution in [0.4, 0.5) is 4.39 Å².